The largest absolute Gasteiger partial charge is 0.504 e. The van der Waals surface area contributed by atoms with Crippen LogP contribution in [0.25, 0.3) is 0 Å². The number of ether oxygens (including phenoxy) is 2. The van der Waals surface area contributed by atoms with Gasteiger partial charge in [0.2, 0.25) is 0 Å². The number of phenols is 1. The number of aliphatic hydroxyl groups excluding tert-OH is 1. The molecular formula is C12H16N2O4. The molecule has 0 bridgehead atoms. The van der Waals surface area contributed by atoms with E-state index in [1.54, 1.807) is 13.1 Å². The fourth-order valence-electron chi connectivity index (χ4n) is 1.36. The number of aliphatic hydroxyl groups is 1. The molecule has 0 atom stereocenters. The Morgan fingerprint density at radius 1 is 1.33 bits per heavy atom. The van der Waals surface area contributed by atoms with Gasteiger partial charge < -0.3 is 25.0 Å². The molecule has 3 N–H and O–H groups in total. The lowest BCUT2D eigenvalue weighted by molar-refractivity contribution is 0.0699. The number of rotatable bonds is 7. The summed E-state index contributed by atoms with van der Waals surface area (Å²) in [6.07, 6.45) is 0. The van der Waals surface area contributed by atoms with Crippen molar-refractivity contribution in [2.75, 3.05) is 38.8 Å². The monoisotopic (exact) mass is 252 g/mol. The lowest BCUT2D eigenvalue weighted by atomic mass is 10.1. The van der Waals surface area contributed by atoms with Crippen LogP contribution in [0.15, 0.2) is 12.1 Å². The molecule has 0 radical (unpaired) electrons. The van der Waals surface area contributed by atoms with Crippen molar-refractivity contribution in [3.05, 3.63) is 17.7 Å². The molecule has 1 aromatic rings. The van der Waals surface area contributed by atoms with E-state index >= 15 is 0 Å². The molecule has 18 heavy (non-hydrogen) atoms. The molecule has 6 nitrogen and oxygen atoms in total. The van der Waals surface area contributed by atoms with E-state index in [1.165, 1.54) is 6.07 Å². The Kier molecular flexibility index (Phi) is 5.77. The summed E-state index contributed by atoms with van der Waals surface area (Å²) in [5.41, 5.74) is 0.931. The van der Waals surface area contributed by atoms with Crippen LogP contribution in [0.1, 0.15) is 5.56 Å². The minimum absolute atomic E-state index is 0.0357. The summed E-state index contributed by atoms with van der Waals surface area (Å²) in [5, 5.41) is 29.9. The summed E-state index contributed by atoms with van der Waals surface area (Å²) in [6, 6.07) is 4.87. The van der Waals surface area contributed by atoms with Gasteiger partial charge in [-0.1, -0.05) is 0 Å². The van der Waals surface area contributed by atoms with Crippen LogP contribution in [0.3, 0.4) is 0 Å². The van der Waals surface area contributed by atoms with Crippen LogP contribution in [0, 0.1) is 11.3 Å². The number of phenolic OH excluding ortho intramolecular Hbond substituents is 1. The molecule has 1 aromatic carbocycles. The number of nitriles is 1. The summed E-state index contributed by atoms with van der Waals surface area (Å²) in [7, 11) is 1.68. The highest BCUT2D eigenvalue weighted by atomic mass is 16.5. The molecule has 1 rings (SSSR count). The van der Waals surface area contributed by atoms with Gasteiger partial charge in [-0.3, -0.25) is 0 Å². The van der Waals surface area contributed by atoms with Gasteiger partial charge >= 0.3 is 0 Å². The third-order valence-electron chi connectivity index (χ3n) is 2.21. The maximum atomic E-state index is 9.66. The third kappa shape index (κ3) is 3.80. The summed E-state index contributed by atoms with van der Waals surface area (Å²) in [5.74, 6) is 0.193. The first-order valence-electron chi connectivity index (χ1n) is 5.49. The Morgan fingerprint density at radius 2 is 2.11 bits per heavy atom. The highest BCUT2D eigenvalue weighted by Gasteiger charge is 2.09. The van der Waals surface area contributed by atoms with Gasteiger partial charge in [0.05, 0.1) is 31.1 Å². The second-order valence-corrected chi connectivity index (χ2v) is 3.41. The van der Waals surface area contributed by atoms with Crippen molar-refractivity contribution >= 4 is 5.69 Å². The van der Waals surface area contributed by atoms with Gasteiger partial charge in [0.15, 0.2) is 11.5 Å². The molecule has 0 aliphatic rings. The molecule has 0 saturated heterocycles. The molecule has 0 saturated carbocycles. The highest BCUT2D eigenvalue weighted by Crippen LogP contribution is 2.32. The average Bonchev–Trinajstić information content (AvgIpc) is 2.39. The molecule has 0 aliphatic carbocycles. The van der Waals surface area contributed by atoms with Gasteiger partial charge in [0.25, 0.3) is 0 Å². The molecule has 0 heterocycles. The fraction of sp³-hybridized carbons (Fsp3) is 0.417. The third-order valence-corrected chi connectivity index (χ3v) is 2.21. The Bertz CT molecular complexity index is 429. The summed E-state index contributed by atoms with van der Waals surface area (Å²) >= 11 is 0. The van der Waals surface area contributed by atoms with Crippen molar-refractivity contribution in [1.29, 1.82) is 5.26 Å². The topological polar surface area (TPSA) is 94.7 Å². The SMILES string of the molecule is CNc1cc(OCCOCCO)c(O)cc1C#N. The highest BCUT2D eigenvalue weighted by molar-refractivity contribution is 5.64. The predicted octanol–water partition coefficient (Wildman–Crippen LogP) is 0.693. The second-order valence-electron chi connectivity index (χ2n) is 3.41. The van der Waals surface area contributed by atoms with Crippen LogP contribution in [-0.4, -0.2) is 43.7 Å². The molecule has 0 unspecified atom stereocenters. The first kappa shape index (κ1) is 14.1. The number of hydrogen-bond acceptors (Lipinski definition) is 6. The van der Waals surface area contributed by atoms with E-state index in [1.807, 2.05) is 6.07 Å². The molecule has 98 valence electrons. The van der Waals surface area contributed by atoms with Crippen LogP contribution in [0.4, 0.5) is 5.69 Å². The predicted molar refractivity (Wildman–Crippen MR) is 65.8 cm³/mol. The van der Waals surface area contributed by atoms with Gasteiger partial charge in [-0.25, -0.2) is 0 Å². The maximum absolute atomic E-state index is 9.66. The standard InChI is InChI=1S/C12H16N2O4/c1-14-10-7-12(11(16)6-9(10)8-13)18-5-4-17-3-2-15/h6-7,14-16H,2-5H2,1H3. The molecule has 0 aliphatic heterocycles. The summed E-state index contributed by atoms with van der Waals surface area (Å²) < 4.78 is 10.3. The first-order valence-corrected chi connectivity index (χ1v) is 5.49. The molecular weight excluding hydrogens is 236 g/mol. The number of hydrogen-bond donors (Lipinski definition) is 3. The van der Waals surface area contributed by atoms with Crippen molar-refractivity contribution in [2.24, 2.45) is 0 Å². The Hall–Kier alpha value is -1.97. The van der Waals surface area contributed by atoms with Gasteiger partial charge in [0.1, 0.15) is 12.7 Å². The second kappa shape index (κ2) is 7.37. The van der Waals surface area contributed by atoms with E-state index in [4.69, 9.17) is 19.8 Å². The van der Waals surface area contributed by atoms with Crippen molar-refractivity contribution in [3.63, 3.8) is 0 Å². The van der Waals surface area contributed by atoms with E-state index < -0.39 is 0 Å². The molecule has 0 fully saturated rings. The zero-order chi connectivity index (χ0) is 13.4. The Balaban J connectivity index is 2.63. The zero-order valence-corrected chi connectivity index (χ0v) is 10.1. The van der Waals surface area contributed by atoms with Crippen LogP contribution in [-0.2, 0) is 4.74 Å². The zero-order valence-electron chi connectivity index (χ0n) is 10.1. The number of nitrogens with zero attached hydrogens (tertiary/aromatic N) is 1. The van der Waals surface area contributed by atoms with Crippen LogP contribution in [0.2, 0.25) is 0 Å². The van der Waals surface area contributed by atoms with Gasteiger partial charge in [-0.2, -0.15) is 5.26 Å². The van der Waals surface area contributed by atoms with E-state index in [0.717, 1.165) is 0 Å². The van der Waals surface area contributed by atoms with Gasteiger partial charge in [-0.05, 0) is 0 Å². The van der Waals surface area contributed by atoms with E-state index in [2.05, 4.69) is 5.32 Å². The van der Waals surface area contributed by atoms with Crippen LogP contribution < -0.4 is 10.1 Å². The van der Waals surface area contributed by atoms with E-state index in [9.17, 15) is 5.11 Å². The van der Waals surface area contributed by atoms with Crippen molar-refractivity contribution < 1.29 is 19.7 Å². The summed E-state index contributed by atoms with van der Waals surface area (Å²) in [4.78, 5) is 0. The van der Waals surface area contributed by atoms with Crippen LogP contribution >= 0.6 is 0 Å². The average molecular weight is 252 g/mol. The summed E-state index contributed by atoms with van der Waals surface area (Å²) in [6.45, 7) is 0.786. The molecule has 0 spiro atoms. The van der Waals surface area contributed by atoms with Gasteiger partial charge in [0, 0.05) is 19.2 Å². The number of nitrogens with one attached hydrogen (secondary N) is 1. The Labute approximate surface area is 105 Å². The van der Waals surface area contributed by atoms with Gasteiger partial charge in [-0.15, -0.1) is 0 Å². The number of benzene rings is 1. The quantitative estimate of drug-likeness (QED) is 0.488. The molecule has 0 aromatic heterocycles. The number of anilines is 1. The normalized spacial score (nSPS) is 9.83. The Morgan fingerprint density at radius 3 is 2.72 bits per heavy atom. The van der Waals surface area contributed by atoms with Crippen LogP contribution in [0.5, 0.6) is 11.5 Å². The lowest BCUT2D eigenvalue weighted by Crippen LogP contribution is -2.09. The van der Waals surface area contributed by atoms with Crippen molar-refractivity contribution in [3.8, 4) is 17.6 Å². The lowest BCUT2D eigenvalue weighted by Gasteiger charge is -2.11. The maximum Gasteiger partial charge on any atom is 0.163 e. The smallest absolute Gasteiger partial charge is 0.163 e. The minimum Gasteiger partial charge on any atom is -0.504 e. The van der Waals surface area contributed by atoms with Crippen molar-refractivity contribution in [1.82, 2.24) is 0 Å². The fourth-order valence-corrected chi connectivity index (χ4v) is 1.36. The minimum atomic E-state index is -0.0901. The van der Waals surface area contributed by atoms with E-state index in [0.29, 0.717) is 17.9 Å². The van der Waals surface area contributed by atoms with Crippen molar-refractivity contribution in [2.45, 2.75) is 0 Å². The molecule has 0 amide bonds. The molecule has 6 heteroatoms. The number of aromatic hydroxyl groups is 1. The first-order chi connectivity index (χ1) is 8.72. The van der Waals surface area contributed by atoms with E-state index in [-0.39, 0.29) is 31.3 Å².